The number of H-pyrrole nitrogens is 1. The molecule has 2 aliphatic rings. The summed E-state index contributed by atoms with van der Waals surface area (Å²) in [6, 6.07) is 0. The Morgan fingerprint density at radius 3 is 2.74 bits per heavy atom. The molecule has 6 heteroatoms. The van der Waals surface area contributed by atoms with Crippen molar-refractivity contribution in [1.29, 1.82) is 0 Å². The predicted octanol–water partition coefficient (Wildman–Crippen LogP) is 2.52. The van der Waals surface area contributed by atoms with Crippen molar-refractivity contribution >= 4 is 11.9 Å². The van der Waals surface area contributed by atoms with Gasteiger partial charge in [-0.05, 0) is 25.7 Å². The molecule has 3 rings (SSSR count). The van der Waals surface area contributed by atoms with E-state index in [4.69, 9.17) is 9.47 Å². The van der Waals surface area contributed by atoms with E-state index in [0.29, 0.717) is 5.56 Å². The molecule has 1 saturated carbocycles. The maximum absolute atomic E-state index is 12.4. The summed E-state index contributed by atoms with van der Waals surface area (Å²) in [5, 5.41) is 0. The summed E-state index contributed by atoms with van der Waals surface area (Å²) >= 11 is 0. The van der Waals surface area contributed by atoms with Gasteiger partial charge in [-0.15, -0.1) is 0 Å². The first-order chi connectivity index (χ1) is 11.1. The van der Waals surface area contributed by atoms with Crippen LogP contribution in [0.25, 0.3) is 0 Å². The molecular formula is C17H21NO5. The topological polar surface area (TPSA) is 85.5 Å². The minimum Gasteiger partial charge on any atom is -0.462 e. The molecule has 0 aromatic carbocycles. The highest BCUT2D eigenvalue weighted by molar-refractivity contribution is 5.94. The monoisotopic (exact) mass is 319 g/mol. The molecule has 0 amide bonds. The molecule has 23 heavy (non-hydrogen) atoms. The van der Waals surface area contributed by atoms with E-state index in [1.54, 1.807) is 6.92 Å². The van der Waals surface area contributed by atoms with Gasteiger partial charge in [0.05, 0.1) is 18.6 Å². The van der Waals surface area contributed by atoms with Crippen LogP contribution in [0.2, 0.25) is 0 Å². The number of ether oxygens (including phenoxy) is 2. The Balaban J connectivity index is 2.06. The number of esters is 2. The first-order valence-electron chi connectivity index (χ1n) is 8.25. The van der Waals surface area contributed by atoms with Crippen LogP contribution in [0, 0.1) is 5.92 Å². The van der Waals surface area contributed by atoms with E-state index in [1.165, 1.54) is 12.6 Å². The van der Waals surface area contributed by atoms with E-state index >= 15 is 0 Å². The summed E-state index contributed by atoms with van der Waals surface area (Å²) in [6.07, 6.45) is 6.89. The quantitative estimate of drug-likeness (QED) is 0.865. The normalized spacial score (nSPS) is 21.4. The lowest BCUT2D eigenvalue weighted by molar-refractivity contribution is -0.136. The third-order valence-corrected chi connectivity index (χ3v) is 4.77. The summed E-state index contributed by atoms with van der Waals surface area (Å²) in [7, 11) is 0. The number of pyridine rings is 1. The SMILES string of the molecule is CCOC(=O)c1c[nH]c(=O)c2c1OC(=O)C[C@@H]2C1CCCCC1. The van der Waals surface area contributed by atoms with Gasteiger partial charge in [0.2, 0.25) is 0 Å². The Morgan fingerprint density at radius 1 is 1.30 bits per heavy atom. The van der Waals surface area contributed by atoms with Gasteiger partial charge >= 0.3 is 11.9 Å². The number of aromatic amines is 1. The van der Waals surface area contributed by atoms with Crippen molar-refractivity contribution in [3.63, 3.8) is 0 Å². The van der Waals surface area contributed by atoms with Crippen LogP contribution in [-0.4, -0.2) is 23.5 Å². The van der Waals surface area contributed by atoms with Crippen molar-refractivity contribution in [1.82, 2.24) is 4.98 Å². The average Bonchev–Trinajstić information content (AvgIpc) is 2.55. The van der Waals surface area contributed by atoms with Crippen LogP contribution in [0.5, 0.6) is 5.75 Å². The molecule has 1 aliphatic heterocycles. The molecule has 124 valence electrons. The van der Waals surface area contributed by atoms with Gasteiger partial charge in [-0.1, -0.05) is 19.3 Å². The number of carbonyl (C=O) groups excluding carboxylic acids is 2. The minimum absolute atomic E-state index is 0.0963. The molecule has 1 N–H and O–H groups in total. The zero-order chi connectivity index (χ0) is 16.4. The summed E-state index contributed by atoms with van der Waals surface area (Å²) in [4.78, 5) is 39.1. The van der Waals surface area contributed by atoms with Crippen molar-refractivity contribution in [3.8, 4) is 5.75 Å². The number of aromatic nitrogens is 1. The van der Waals surface area contributed by atoms with Gasteiger partial charge in [0, 0.05) is 12.1 Å². The number of rotatable bonds is 3. The molecule has 1 aromatic heterocycles. The molecular weight excluding hydrogens is 298 g/mol. The van der Waals surface area contributed by atoms with E-state index in [0.717, 1.165) is 25.7 Å². The Labute approximate surface area is 134 Å². The zero-order valence-electron chi connectivity index (χ0n) is 13.2. The largest absolute Gasteiger partial charge is 0.462 e. The summed E-state index contributed by atoms with van der Waals surface area (Å²) in [5.41, 5.74) is 0.272. The minimum atomic E-state index is -0.586. The Bertz CT molecular complexity index is 672. The Morgan fingerprint density at radius 2 is 2.04 bits per heavy atom. The fraction of sp³-hybridized carbons (Fsp3) is 0.588. The highest BCUT2D eigenvalue weighted by Gasteiger charge is 2.38. The number of hydrogen-bond acceptors (Lipinski definition) is 5. The molecule has 0 saturated heterocycles. The predicted molar refractivity (Wildman–Crippen MR) is 82.6 cm³/mol. The number of nitrogens with one attached hydrogen (secondary N) is 1. The second-order valence-electron chi connectivity index (χ2n) is 6.18. The van der Waals surface area contributed by atoms with E-state index in [9.17, 15) is 14.4 Å². The van der Waals surface area contributed by atoms with Crippen molar-refractivity contribution < 1.29 is 19.1 Å². The van der Waals surface area contributed by atoms with Crippen molar-refractivity contribution in [2.45, 2.75) is 51.4 Å². The standard InChI is InChI=1S/C17H21NO5/c1-2-22-17(21)12-9-18-16(20)14-11(8-13(19)23-15(12)14)10-6-4-3-5-7-10/h9-11H,2-8H2,1H3,(H,18,20)/t11-/m1/s1. The van der Waals surface area contributed by atoms with Crippen LogP contribution in [0.1, 0.15) is 67.3 Å². The highest BCUT2D eigenvalue weighted by atomic mass is 16.5. The molecule has 2 heterocycles. The molecule has 6 nitrogen and oxygen atoms in total. The molecule has 0 spiro atoms. The summed E-state index contributed by atoms with van der Waals surface area (Å²) in [5.74, 6) is -0.765. The number of carbonyl (C=O) groups is 2. The first-order valence-corrected chi connectivity index (χ1v) is 8.25. The van der Waals surface area contributed by atoms with Gasteiger partial charge in [0.1, 0.15) is 5.56 Å². The second kappa shape index (κ2) is 6.56. The second-order valence-corrected chi connectivity index (χ2v) is 6.18. The van der Waals surface area contributed by atoms with Crippen LogP contribution in [0.15, 0.2) is 11.0 Å². The van der Waals surface area contributed by atoms with Gasteiger partial charge in [0.15, 0.2) is 5.75 Å². The van der Waals surface area contributed by atoms with Crippen LogP contribution in [0.3, 0.4) is 0 Å². The van der Waals surface area contributed by atoms with Crippen LogP contribution in [0.4, 0.5) is 0 Å². The maximum atomic E-state index is 12.4. The lowest BCUT2D eigenvalue weighted by Crippen LogP contribution is -2.33. The van der Waals surface area contributed by atoms with Crippen LogP contribution in [-0.2, 0) is 9.53 Å². The zero-order valence-corrected chi connectivity index (χ0v) is 13.2. The lowest BCUT2D eigenvalue weighted by atomic mass is 9.74. The first kappa shape index (κ1) is 15.8. The van der Waals surface area contributed by atoms with Crippen molar-refractivity contribution in [2.75, 3.05) is 6.61 Å². The number of fused-ring (bicyclic) bond motifs is 1. The Hall–Kier alpha value is -2.11. The fourth-order valence-corrected chi connectivity index (χ4v) is 3.71. The van der Waals surface area contributed by atoms with E-state index in [2.05, 4.69) is 4.98 Å². The van der Waals surface area contributed by atoms with Gasteiger partial charge in [-0.2, -0.15) is 0 Å². The average molecular weight is 319 g/mol. The van der Waals surface area contributed by atoms with E-state index in [1.807, 2.05) is 0 Å². The fourth-order valence-electron chi connectivity index (χ4n) is 3.71. The summed E-state index contributed by atoms with van der Waals surface area (Å²) < 4.78 is 10.3. The van der Waals surface area contributed by atoms with Gasteiger partial charge in [-0.3, -0.25) is 9.59 Å². The molecule has 0 unspecified atom stereocenters. The van der Waals surface area contributed by atoms with Gasteiger partial charge < -0.3 is 14.5 Å². The Kier molecular flexibility index (Phi) is 4.50. The van der Waals surface area contributed by atoms with Crippen LogP contribution >= 0.6 is 0 Å². The summed E-state index contributed by atoms with van der Waals surface area (Å²) in [6.45, 7) is 1.92. The van der Waals surface area contributed by atoms with E-state index in [-0.39, 0.29) is 47.7 Å². The lowest BCUT2D eigenvalue weighted by Gasteiger charge is -2.33. The molecule has 1 aromatic rings. The van der Waals surface area contributed by atoms with Crippen molar-refractivity contribution in [2.24, 2.45) is 5.92 Å². The highest BCUT2D eigenvalue weighted by Crippen LogP contribution is 2.43. The smallest absolute Gasteiger partial charge is 0.343 e. The number of hydrogen-bond donors (Lipinski definition) is 1. The molecule has 1 fully saturated rings. The van der Waals surface area contributed by atoms with E-state index < -0.39 is 5.97 Å². The maximum Gasteiger partial charge on any atom is 0.343 e. The molecule has 1 atom stereocenters. The third kappa shape index (κ3) is 3.02. The molecule has 0 bridgehead atoms. The van der Waals surface area contributed by atoms with Gasteiger partial charge in [0.25, 0.3) is 5.56 Å². The third-order valence-electron chi connectivity index (χ3n) is 4.77. The van der Waals surface area contributed by atoms with Crippen molar-refractivity contribution in [3.05, 3.63) is 27.7 Å². The van der Waals surface area contributed by atoms with Gasteiger partial charge in [-0.25, -0.2) is 4.79 Å². The molecule has 0 radical (unpaired) electrons. The van der Waals surface area contributed by atoms with Crippen LogP contribution < -0.4 is 10.3 Å². The molecule has 1 aliphatic carbocycles.